The molecule has 0 saturated carbocycles. The van der Waals surface area contributed by atoms with Gasteiger partial charge in [-0.05, 0) is 34.8 Å². The van der Waals surface area contributed by atoms with Crippen molar-refractivity contribution in [1.82, 2.24) is 0 Å². The first-order valence-electron chi connectivity index (χ1n) is 6.35. The zero-order chi connectivity index (χ0) is 15.3. The molecule has 0 aliphatic carbocycles. The lowest BCUT2D eigenvalue weighted by Gasteiger charge is -2.28. The van der Waals surface area contributed by atoms with Gasteiger partial charge in [0.2, 0.25) is 5.91 Å². The van der Waals surface area contributed by atoms with Crippen molar-refractivity contribution < 1.29 is 9.72 Å². The van der Waals surface area contributed by atoms with Crippen LogP contribution in [0, 0.1) is 15.5 Å². The number of non-ortho nitro benzene ring substituents is 1. The van der Waals surface area contributed by atoms with Gasteiger partial charge in [-0.1, -0.05) is 13.8 Å². The molecule has 110 valence electrons. The summed E-state index contributed by atoms with van der Waals surface area (Å²) in [7, 11) is 0. The van der Waals surface area contributed by atoms with Crippen LogP contribution in [0.2, 0.25) is 0 Å². The van der Waals surface area contributed by atoms with E-state index in [1.807, 2.05) is 13.8 Å². The number of halogens is 1. The van der Waals surface area contributed by atoms with Crippen LogP contribution in [-0.4, -0.2) is 17.4 Å². The second kappa shape index (κ2) is 6.81. The van der Waals surface area contributed by atoms with E-state index in [1.165, 1.54) is 18.2 Å². The van der Waals surface area contributed by atoms with E-state index in [2.05, 4.69) is 21.2 Å². The molecule has 0 aliphatic rings. The molecule has 3 N–H and O–H groups in total. The summed E-state index contributed by atoms with van der Waals surface area (Å²) in [5.74, 6) is -0.216. The van der Waals surface area contributed by atoms with Crippen molar-refractivity contribution in [3.63, 3.8) is 0 Å². The molecule has 0 radical (unpaired) electrons. The molecule has 0 spiro atoms. The van der Waals surface area contributed by atoms with Crippen LogP contribution in [0.5, 0.6) is 0 Å². The van der Waals surface area contributed by atoms with E-state index in [0.29, 0.717) is 23.0 Å². The molecule has 0 bridgehead atoms. The van der Waals surface area contributed by atoms with E-state index in [0.717, 1.165) is 0 Å². The van der Waals surface area contributed by atoms with Gasteiger partial charge < -0.3 is 11.1 Å². The first-order valence-corrected chi connectivity index (χ1v) is 7.15. The van der Waals surface area contributed by atoms with E-state index >= 15 is 0 Å². The van der Waals surface area contributed by atoms with Gasteiger partial charge >= 0.3 is 0 Å². The summed E-state index contributed by atoms with van der Waals surface area (Å²) >= 11 is 3.27. The minimum atomic E-state index is -0.649. The largest absolute Gasteiger partial charge is 0.329 e. The second-order valence-corrected chi connectivity index (χ2v) is 5.42. The highest BCUT2D eigenvalue weighted by atomic mass is 79.9. The van der Waals surface area contributed by atoms with E-state index in [4.69, 9.17) is 5.73 Å². The Morgan fingerprint density at radius 3 is 2.50 bits per heavy atom. The Morgan fingerprint density at radius 1 is 1.45 bits per heavy atom. The highest BCUT2D eigenvalue weighted by Crippen LogP contribution is 2.31. The lowest BCUT2D eigenvalue weighted by atomic mass is 9.81. The number of hydrogen-bond donors (Lipinski definition) is 2. The number of carbonyl (C=O) groups excluding carboxylic acids is 1. The molecule has 0 aromatic heterocycles. The number of benzene rings is 1. The maximum absolute atomic E-state index is 12.4. The third-order valence-electron chi connectivity index (χ3n) is 3.63. The van der Waals surface area contributed by atoms with Gasteiger partial charge in [0.25, 0.3) is 5.69 Å². The maximum Gasteiger partial charge on any atom is 0.271 e. The zero-order valence-corrected chi connectivity index (χ0v) is 13.1. The molecule has 1 amide bonds. The standard InChI is InChI=1S/C13H18BrN3O3/c1-3-13(4-2,8-15)12(18)16-11-7-9(17(19)20)5-6-10(11)14/h5-7H,3-4,8,15H2,1-2H3,(H,16,18). The summed E-state index contributed by atoms with van der Waals surface area (Å²) in [6, 6.07) is 4.24. The number of nitrogens with two attached hydrogens (primary N) is 1. The highest BCUT2D eigenvalue weighted by Gasteiger charge is 2.33. The van der Waals surface area contributed by atoms with Crippen LogP contribution >= 0.6 is 15.9 Å². The monoisotopic (exact) mass is 343 g/mol. The molecule has 0 fully saturated rings. The fourth-order valence-electron chi connectivity index (χ4n) is 1.93. The Balaban J connectivity index is 3.06. The third kappa shape index (κ3) is 3.34. The van der Waals surface area contributed by atoms with Crippen LogP contribution in [0.4, 0.5) is 11.4 Å². The Labute approximate surface area is 126 Å². The zero-order valence-electron chi connectivity index (χ0n) is 11.5. The molecular formula is C13H18BrN3O3. The molecule has 1 rings (SSSR count). The number of carbonyl (C=O) groups is 1. The Kier molecular flexibility index (Phi) is 5.64. The van der Waals surface area contributed by atoms with Crippen molar-refractivity contribution in [2.75, 3.05) is 11.9 Å². The van der Waals surface area contributed by atoms with Crippen molar-refractivity contribution in [2.24, 2.45) is 11.1 Å². The number of rotatable bonds is 6. The number of nitrogens with one attached hydrogen (secondary N) is 1. The van der Waals surface area contributed by atoms with Gasteiger partial charge in [0.15, 0.2) is 0 Å². The number of nitro benzene ring substituents is 1. The van der Waals surface area contributed by atoms with Gasteiger partial charge in [0, 0.05) is 23.2 Å². The second-order valence-electron chi connectivity index (χ2n) is 4.57. The van der Waals surface area contributed by atoms with Crippen molar-refractivity contribution >= 4 is 33.2 Å². The summed E-state index contributed by atoms with van der Waals surface area (Å²) in [6.45, 7) is 4.04. The lowest BCUT2D eigenvalue weighted by molar-refractivity contribution is -0.384. The fourth-order valence-corrected chi connectivity index (χ4v) is 2.28. The van der Waals surface area contributed by atoms with Gasteiger partial charge in [0.05, 0.1) is 16.0 Å². The Bertz CT molecular complexity index is 507. The normalized spacial score (nSPS) is 11.2. The topological polar surface area (TPSA) is 98.3 Å². The molecule has 1 aromatic rings. The number of amides is 1. The smallest absolute Gasteiger partial charge is 0.271 e. The van der Waals surface area contributed by atoms with Crippen LogP contribution in [-0.2, 0) is 4.79 Å². The van der Waals surface area contributed by atoms with Crippen molar-refractivity contribution in [3.05, 3.63) is 32.8 Å². The Morgan fingerprint density at radius 2 is 2.05 bits per heavy atom. The minimum Gasteiger partial charge on any atom is -0.329 e. The summed E-state index contributed by atoms with van der Waals surface area (Å²) < 4.78 is 0.592. The minimum absolute atomic E-state index is 0.0742. The van der Waals surface area contributed by atoms with Crippen molar-refractivity contribution in [2.45, 2.75) is 26.7 Å². The van der Waals surface area contributed by atoms with Crippen LogP contribution < -0.4 is 11.1 Å². The predicted octanol–water partition coefficient (Wildman–Crippen LogP) is 3.06. The average molecular weight is 344 g/mol. The average Bonchev–Trinajstić information content (AvgIpc) is 2.43. The molecule has 20 heavy (non-hydrogen) atoms. The molecule has 6 nitrogen and oxygen atoms in total. The van der Waals surface area contributed by atoms with Crippen LogP contribution in [0.3, 0.4) is 0 Å². The molecule has 0 unspecified atom stereocenters. The predicted molar refractivity (Wildman–Crippen MR) is 81.5 cm³/mol. The number of hydrogen-bond acceptors (Lipinski definition) is 4. The number of anilines is 1. The molecule has 0 aliphatic heterocycles. The van der Waals surface area contributed by atoms with Crippen LogP contribution in [0.1, 0.15) is 26.7 Å². The van der Waals surface area contributed by atoms with Gasteiger partial charge in [0.1, 0.15) is 0 Å². The quantitative estimate of drug-likeness (QED) is 0.612. The molecular weight excluding hydrogens is 326 g/mol. The number of nitro groups is 1. The molecule has 0 heterocycles. The Hall–Kier alpha value is -1.47. The third-order valence-corrected chi connectivity index (χ3v) is 4.33. The van der Waals surface area contributed by atoms with Gasteiger partial charge in [-0.3, -0.25) is 14.9 Å². The SMILES string of the molecule is CCC(CC)(CN)C(=O)Nc1cc([N+](=O)[O-])ccc1Br. The summed E-state index contributed by atoms with van der Waals surface area (Å²) in [4.78, 5) is 22.7. The number of nitrogens with zero attached hydrogens (tertiary/aromatic N) is 1. The fraction of sp³-hybridized carbons (Fsp3) is 0.462. The summed E-state index contributed by atoms with van der Waals surface area (Å²) in [6.07, 6.45) is 1.22. The first-order chi connectivity index (χ1) is 9.40. The van der Waals surface area contributed by atoms with Crippen LogP contribution in [0.25, 0.3) is 0 Å². The summed E-state index contributed by atoms with van der Waals surface area (Å²) in [5.41, 5.74) is 5.37. The highest BCUT2D eigenvalue weighted by molar-refractivity contribution is 9.10. The first kappa shape index (κ1) is 16.6. The maximum atomic E-state index is 12.4. The van der Waals surface area contributed by atoms with E-state index < -0.39 is 10.3 Å². The van der Waals surface area contributed by atoms with E-state index in [1.54, 1.807) is 0 Å². The van der Waals surface area contributed by atoms with E-state index in [9.17, 15) is 14.9 Å². The van der Waals surface area contributed by atoms with Gasteiger partial charge in [-0.15, -0.1) is 0 Å². The van der Waals surface area contributed by atoms with Gasteiger partial charge in [-0.25, -0.2) is 0 Å². The lowest BCUT2D eigenvalue weighted by Crippen LogP contribution is -2.41. The van der Waals surface area contributed by atoms with Crippen molar-refractivity contribution in [1.29, 1.82) is 0 Å². The molecule has 0 saturated heterocycles. The molecule has 0 atom stereocenters. The van der Waals surface area contributed by atoms with Crippen LogP contribution in [0.15, 0.2) is 22.7 Å². The van der Waals surface area contributed by atoms with Gasteiger partial charge in [-0.2, -0.15) is 0 Å². The molecule has 7 heteroatoms. The summed E-state index contributed by atoms with van der Waals surface area (Å²) in [5, 5.41) is 13.5. The van der Waals surface area contributed by atoms with Crippen molar-refractivity contribution in [3.8, 4) is 0 Å². The molecule has 1 aromatic carbocycles. The van der Waals surface area contributed by atoms with E-state index in [-0.39, 0.29) is 18.1 Å².